The van der Waals surface area contributed by atoms with Crippen molar-refractivity contribution in [3.05, 3.63) is 64.1 Å². The smallest absolute Gasteiger partial charge is 0.359 e. The van der Waals surface area contributed by atoms with Crippen molar-refractivity contribution < 1.29 is 19.1 Å². The van der Waals surface area contributed by atoms with Crippen molar-refractivity contribution in [3.8, 4) is 0 Å². The van der Waals surface area contributed by atoms with Gasteiger partial charge in [0.2, 0.25) is 0 Å². The van der Waals surface area contributed by atoms with E-state index < -0.39 is 24.5 Å². The van der Waals surface area contributed by atoms with Crippen molar-refractivity contribution in [2.45, 2.75) is 44.7 Å². The van der Waals surface area contributed by atoms with Gasteiger partial charge >= 0.3 is 12.0 Å². The molecule has 0 radical (unpaired) electrons. The third-order valence-electron chi connectivity index (χ3n) is 4.78. The lowest BCUT2D eigenvalue weighted by molar-refractivity contribution is -0.123. The fraction of sp³-hybridized carbons (Fsp3) is 0.381. The van der Waals surface area contributed by atoms with E-state index in [0.717, 1.165) is 42.3 Å². The van der Waals surface area contributed by atoms with E-state index in [9.17, 15) is 19.2 Å². The first kappa shape index (κ1) is 21.2. The van der Waals surface area contributed by atoms with Crippen molar-refractivity contribution >= 4 is 17.9 Å². The molecule has 30 heavy (non-hydrogen) atoms. The van der Waals surface area contributed by atoms with Crippen molar-refractivity contribution in [1.29, 1.82) is 0 Å². The molecule has 3 rings (SSSR count). The fourth-order valence-electron chi connectivity index (χ4n) is 3.26. The zero-order valence-corrected chi connectivity index (χ0v) is 16.5. The van der Waals surface area contributed by atoms with Crippen LogP contribution in [-0.4, -0.2) is 40.3 Å². The number of imide groups is 1. The molecule has 0 atom stereocenters. The minimum Gasteiger partial charge on any atom is -0.451 e. The van der Waals surface area contributed by atoms with Crippen LogP contribution in [0.2, 0.25) is 0 Å². The van der Waals surface area contributed by atoms with Gasteiger partial charge in [0, 0.05) is 12.1 Å². The number of carbonyl (C=O) groups excluding carboxylic acids is 3. The molecule has 0 aliphatic heterocycles. The van der Waals surface area contributed by atoms with Gasteiger partial charge in [0.05, 0.1) is 6.54 Å². The SMILES string of the molecule is O=C(COC(=O)c1ccc(=O)n(Cc2ccccc2)n1)NC(=O)NC1CCCCC1. The minimum absolute atomic E-state index is 0.0592. The normalized spacial score (nSPS) is 14.0. The molecule has 2 N–H and O–H groups in total. The molecule has 1 aromatic heterocycles. The summed E-state index contributed by atoms with van der Waals surface area (Å²) in [5.74, 6) is -1.60. The highest BCUT2D eigenvalue weighted by atomic mass is 16.5. The summed E-state index contributed by atoms with van der Waals surface area (Å²) in [5, 5.41) is 8.89. The maximum absolute atomic E-state index is 12.2. The lowest BCUT2D eigenvalue weighted by atomic mass is 9.96. The van der Waals surface area contributed by atoms with Gasteiger partial charge in [-0.15, -0.1) is 0 Å². The van der Waals surface area contributed by atoms with Gasteiger partial charge in [-0.25, -0.2) is 14.3 Å². The number of carbonyl (C=O) groups is 3. The Morgan fingerprint density at radius 3 is 2.50 bits per heavy atom. The van der Waals surface area contributed by atoms with E-state index in [1.54, 1.807) is 0 Å². The van der Waals surface area contributed by atoms with Crippen LogP contribution >= 0.6 is 0 Å². The average molecular weight is 412 g/mol. The molecule has 1 aromatic carbocycles. The van der Waals surface area contributed by atoms with Gasteiger partial charge < -0.3 is 10.1 Å². The Hall–Kier alpha value is -3.49. The molecule has 9 nitrogen and oxygen atoms in total. The van der Waals surface area contributed by atoms with Crippen LogP contribution in [0.1, 0.15) is 48.2 Å². The van der Waals surface area contributed by atoms with Crippen LogP contribution < -0.4 is 16.2 Å². The number of aromatic nitrogens is 2. The number of ether oxygens (including phenoxy) is 1. The van der Waals surface area contributed by atoms with E-state index >= 15 is 0 Å². The Morgan fingerprint density at radius 2 is 1.77 bits per heavy atom. The van der Waals surface area contributed by atoms with Gasteiger partial charge in [-0.05, 0) is 24.5 Å². The second kappa shape index (κ2) is 10.3. The summed E-state index contributed by atoms with van der Waals surface area (Å²) in [6, 6.07) is 11.1. The van der Waals surface area contributed by atoms with E-state index in [1.807, 2.05) is 30.3 Å². The summed E-state index contributed by atoms with van der Waals surface area (Å²) in [6.07, 6.45) is 5.04. The van der Waals surface area contributed by atoms with E-state index in [0.29, 0.717) is 0 Å². The van der Waals surface area contributed by atoms with E-state index in [2.05, 4.69) is 15.7 Å². The Balaban J connectivity index is 1.50. The van der Waals surface area contributed by atoms with Crippen LogP contribution in [-0.2, 0) is 16.1 Å². The Bertz CT molecular complexity index is 951. The fourth-order valence-corrected chi connectivity index (χ4v) is 3.26. The second-order valence-corrected chi connectivity index (χ2v) is 7.13. The van der Waals surface area contributed by atoms with E-state index in [1.165, 1.54) is 12.1 Å². The summed E-state index contributed by atoms with van der Waals surface area (Å²) in [6.45, 7) is -0.432. The first-order valence-corrected chi connectivity index (χ1v) is 9.91. The zero-order chi connectivity index (χ0) is 21.3. The number of esters is 1. The topological polar surface area (TPSA) is 119 Å². The number of amides is 3. The van der Waals surface area contributed by atoms with Crippen LogP contribution in [0.15, 0.2) is 47.3 Å². The summed E-state index contributed by atoms with van der Waals surface area (Å²) in [5.41, 5.74) is 0.374. The quantitative estimate of drug-likeness (QED) is 0.696. The first-order chi connectivity index (χ1) is 14.5. The molecule has 0 bridgehead atoms. The van der Waals surface area contributed by atoms with Crippen molar-refractivity contribution in [2.24, 2.45) is 0 Å². The van der Waals surface area contributed by atoms with Gasteiger partial charge in [0.1, 0.15) is 0 Å². The Kier molecular flexibility index (Phi) is 7.31. The number of nitrogens with zero attached hydrogens (tertiary/aromatic N) is 2. The highest BCUT2D eigenvalue weighted by Crippen LogP contribution is 2.17. The molecule has 1 heterocycles. The van der Waals surface area contributed by atoms with Gasteiger partial charge in [0.15, 0.2) is 12.3 Å². The number of hydrogen-bond acceptors (Lipinski definition) is 6. The maximum atomic E-state index is 12.2. The monoisotopic (exact) mass is 412 g/mol. The predicted octanol–water partition coefficient (Wildman–Crippen LogP) is 1.61. The highest BCUT2D eigenvalue weighted by molar-refractivity contribution is 5.96. The molecule has 0 spiro atoms. The number of benzene rings is 1. The molecule has 1 saturated carbocycles. The lowest BCUT2D eigenvalue weighted by Gasteiger charge is -2.22. The first-order valence-electron chi connectivity index (χ1n) is 9.91. The zero-order valence-electron chi connectivity index (χ0n) is 16.5. The number of urea groups is 1. The van der Waals surface area contributed by atoms with Crippen LogP contribution in [0.5, 0.6) is 0 Å². The minimum atomic E-state index is -0.861. The number of rotatable bonds is 6. The molecule has 1 aliphatic rings. The average Bonchev–Trinajstić information content (AvgIpc) is 2.75. The Labute approximate surface area is 173 Å². The molecule has 158 valence electrons. The predicted molar refractivity (Wildman–Crippen MR) is 108 cm³/mol. The summed E-state index contributed by atoms with van der Waals surface area (Å²) >= 11 is 0. The van der Waals surface area contributed by atoms with Crippen molar-refractivity contribution in [2.75, 3.05) is 6.61 Å². The standard InChI is InChI=1S/C21H24N4O5/c26-18(23-21(29)22-16-9-5-2-6-10-16)14-30-20(28)17-11-12-19(27)25(24-17)13-15-7-3-1-4-8-15/h1,3-4,7-8,11-12,16H,2,5-6,9-10,13-14H2,(H2,22,23,26,29). The van der Waals surface area contributed by atoms with Crippen molar-refractivity contribution in [3.63, 3.8) is 0 Å². The summed E-state index contributed by atoms with van der Waals surface area (Å²) in [7, 11) is 0. The van der Waals surface area contributed by atoms with Gasteiger partial charge in [-0.1, -0.05) is 49.6 Å². The van der Waals surface area contributed by atoms with Gasteiger partial charge in [-0.3, -0.25) is 14.9 Å². The Morgan fingerprint density at radius 1 is 1.03 bits per heavy atom. The summed E-state index contributed by atoms with van der Waals surface area (Å²) in [4.78, 5) is 47.9. The highest BCUT2D eigenvalue weighted by Gasteiger charge is 2.18. The van der Waals surface area contributed by atoms with Gasteiger partial charge in [0.25, 0.3) is 11.5 Å². The van der Waals surface area contributed by atoms with Crippen LogP contribution in [0, 0.1) is 0 Å². The van der Waals surface area contributed by atoms with Crippen molar-refractivity contribution in [1.82, 2.24) is 20.4 Å². The largest absolute Gasteiger partial charge is 0.451 e. The molecule has 1 fully saturated rings. The van der Waals surface area contributed by atoms with E-state index in [4.69, 9.17) is 4.74 Å². The summed E-state index contributed by atoms with van der Waals surface area (Å²) < 4.78 is 6.06. The molecule has 9 heteroatoms. The van der Waals surface area contributed by atoms with Crippen LogP contribution in [0.25, 0.3) is 0 Å². The van der Waals surface area contributed by atoms with Crippen LogP contribution in [0.4, 0.5) is 4.79 Å². The van der Waals surface area contributed by atoms with Gasteiger partial charge in [-0.2, -0.15) is 5.10 Å². The van der Waals surface area contributed by atoms with E-state index in [-0.39, 0.29) is 23.8 Å². The molecule has 2 aromatic rings. The van der Waals surface area contributed by atoms with Crippen LogP contribution in [0.3, 0.4) is 0 Å². The second-order valence-electron chi connectivity index (χ2n) is 7.13. The lowest BCUT2D eigenvalue weighted by Crippen LogP contribution is -2.46. The number of nitrogens with one attached hydrogen (secondary N) is 2. The third-order valence-corrected chi connectivity index (χ3v) is 4.78. The maximum Gasteiger partial charge on any atom is 0.359 e. The molecule has 0 unspecified atom stereocenters. The molecule has 0 saturated heterocycles. The third kappa shape index (κ3) is 6.26. The molecular weight excluding hydrogens is 388 g/mol. The molecule has 1 aliphatic carbocycles. The number of hydrogen-bond donors (Lipinski definition) is 2. The molecular formula is C21H24N4O5. The molecule has 3 amide bonds.